The topological polar surface area (TPSA) is 71.2 Å². The van der Waals surface area contributed by atoms with Gasteiger partial charge < -0.3 is 15.0 Å². The molecule has 0 radical (unpaired) electrons. The number of hydrogen-bond donors (Lipinski definition) is 2. The Balaban J connectivity index is 1.81. The molecule has 1 amide bonds. The lowest BCUT2D eigenvalue weighted by Crippen LogP contribution is -2.25. The smallest absolute Gasteiger partial charge is 0.305 e. The molecule has 0 spiro atoms. The van der Waals surface area contributed by atoms with Gasteiger partial charge in [-0.25, -0.2) is 0 Å². The fraction of sp³-hybridized carbons (Fsp3) is 0.333. The Hall–Kier alpha value is -2.30. The Bertz CT molecular complexity index is 571. The highest BCUT2D eigenvalue weighted by Gasteiger charge is 2.09. The van der Waals surface area contributed by atoms with Crippen LogP contribution in [0.25, 0.3) is 10.9 Å². The van der Waals surface area contributed by atoms with Crippen LogP contribution in [-0.2, 0) is 9.53 Å². The highest BCUT2D eigenvalue weighted by Crippen LogP contribution is 2.14. The Morgan fingerprint density at radius 3 is 2.85 bits per heavy atom. The highest BCUT2D eigenvalue weighted by molar-refractivity contribution is 5.97. The van der Waals surface area contributed by atoms with Crippen LogP contribution < -0.4 is 5.32 Å². The highest BCUT2D eigenvalue weighted by atomic mass is 16.5. The zero-order chi connectivity index (χ0) is 14.4. The number of amides is 1. The normalized spacial score (nSPS) is 10.4. The predicted octanol–water partition coefficient (Wildman–Crippen LogP) is 2.24. The third kappa shape index (κ3) is 3.60. The Labute approximate surface area is 117 Å². The first kappa shape index (κ1) is 14.1. The predicted molar refractivity (Wildman–Crippen MR) is 76.5 cm³/mol. The maximum Gasteiger partial charge on any atom is 0.305 e. The van der Waals surface area contributed by atoms with Crippen LogP contribution >= 0.6 is 0 Å². The molecule has 0 aliphatic heterocycles. The SMILES string of the molecule is CCOC(=O)CCCNC(=O)c1cc2ccccc2[nH]1. The number of nitrogens with one attached hydrogen (secondary N) is 2. The average Bonchev–Trinajstić information content (AvgIpc) is 2.87. The molecule has 5 heteroatoms. The molecule has 2 aromatic rings. The standard InChI is InChI=1S/C15H18N2O3/c1-2-20-14(18)8-5-9-16-15(19)13-10-11-6-3-4-7-12(11)17-13/h3-4,6-7,10,17H,2,5,8-9H2,1H3,(H,16,19). The number of para-hydroxylation sites is 1. The van der Waals surface area contributed by atoms with Crippen molar-refractivity contribution in [2.45, 2.75) is 19.8 Å². The van der Waals surface area contributed by atoms with Crippen LogP contribution in [-0.4, -0.2) is 30.0 Å². The van der Waals surface area contributed by atoms with E-state index in [9.17, 15) is 9.59 Å². The van der Waals surface area contributed by atoms with E-state index in [-0.39, 0.29) is 11.9 Å². The fourth-order valence-electron chi connectivity index (χ4n) is 1.96. The number of esters is 1. The largest absolute Gasteiger partial charge is 0.466 e. The molecule has 1 aromatic heterocycles. The van der Waals surface area contributed by atoms with Crippen LogP contribution in [0.5, 0.6) is 0 Å². The molecule has 0 aliphatic rings. The Morgan fingerprint density at radius 2 is 2.10 bits per heavy atom. The lowest BCUT2D eigenvalue weighted by molar-refractivity contribution is -0.143. The second-order valence-electron chi connectivity index (χ2n) is 4.43. The van der Waals surface area contributed by atoms with E-state index in [4.69, 9.17) is 4.74 Å². The summed E-state index contributed by atoms with van der Waals surface area (Å²) in [7, 11) is 0. The molecule has 106 valence electrons. The van der Waals surface area contributed by atoms with Gasteiger partial charge in [0, 0.05) is 23.9 Å². The lowest BCUT2D eigenvalue weighted by Gasteiger charge is -2.03. The summed E-state index contributed by atoms with van der Waals surface area (Å²) in [5, 5.41) is 3.78. The number of aromatic amines is 1. The fourth-order valence-corrected chi connectivity index (χ4v) is 1.96. The molecular formula is C15H18N2O3. The summed E-state index contributed by atoms with van der Waals surface area (Å²) in [5.41, 5.74) is 1.46. The molecule has 2 N–H and O–H groups in total. The van der Waals surface area contributed by atoms with Crippen molar-refractivity contribution in [3.63, 3.8) is 0 Å². The van der Waals surface area contributed by atoms with Gasteiger partial charge in [-0.3, -0.25) is 9.59 Å². The van der Waals surface area contributed by atoms with E-state index in [0.29, 0.717) is 31.7 Å². The van der Waals surface area contributed by atoms with Crippen molar-refractivity contribution < 1.29 is 14.3 Å². The second-order valence-corrected chi connectivity index (χ2v) is 4.43. The van der Waals surface area contributed by atoms with Crippen LogP contribution in [0, 0.1) is 0 Å². The maximum atomic E-state index is 11.9. The Morgan fingerprint density at radius 1 is 1.30 bits per heavy atom. The lowest BCUT2D eigenvalue weighted by atomic mass is 10.2. The second kappa shape index (κ2) is 6.75. The number of fused-ring (bicyclic) bond motifs is 1. The number of rotatable bonds is 6. The third-order valence-electron chi connectivity index (χ3n) is 2.92. The number of ether oxygens (including phenoxy) is 1. The van der Waals surface area contributed by atoms with Gasteiger partial charge in [0.25, 0.3) is 5.91 Å². The average molecular weight is 274 g/mol. The zero-order valence-electron chi connectivity index (χ0n) is 11.4. The molecule has 0 atom stereocenters. The quantitative estimate of drug-likeness (QED) is 0.627. The number of carbonyl (C=O) groups excluding carboxylic acids is 2. The summed E-state index contributed by atoms with van der Waals surface area (Å²) in [4.78, 5) is 26.1. The number of carbonyl (C=O) groups is 2. The van der Waals surface area contributed by atoms with Crippen molar-refractivity contribution in [2.24, 2.45) is 0 Å². The van der Waals surface area contributed by atoms with Crippen LogP contribution in [0.15, 0.2) is 30.3 Å². The Kier molecular flexibility index (Phi) is 4.76. The van der Waals surface area contributed by atoms with Crippen LogP contribution in [0.4, 0.5) is 0 Å². The molecule has 0 fully saturated rings. The molecule has 0 aliphatic carbocycles. The first-order chi connectivity index (χ1) is 9.70. The molecular weight excluding hydrogens is 256 g/mol. The molecule has 20 heavy (non-hydrogen) atoms. The summed E-state index contributed by atoms with van der Waals surface area (Å²) in [6, 6.07) is 9.53. The van der Waals surface area contributed by atoms with Gasteiger partial charge in [-0.05, 0) is 25.5 Å². The van der Waals surface area contributed by atoms with Crippen molar-refractivity contribution >= 4 is 22.8 Å². The van der Waals surface area contributed by atoms with Gasteiger partial charge in [0.2, 0.25) is 0 Å². The molecule has 1 heterocycles. The minimum Gasteiger partial charge on any atom is -0.466 e. The van der Waals surface area contributed by atoms with E-state index in [1.807, 2.05) is 30.3 Å². The van der Waals surface area contributed by atoms with Crippen molar-refractivity contribution in [1.82, 2.24) is 10.3 Å². The van der Waals surface area contributed by atoms with Crippen molar-refractivity contribution in [3.05, 3.63) is 36.0 Å². The zero-order valence-corrected chi connectivity index (χ0v) is 11.4. The minimum absolute atomic E-state index is 0.162. The van der Waals surface area contributed by atoms with Crippen LogP contribution in [0.2, 0.25) is 0 Å². The number of benzene rings is 1. The molecule has 0 saturated carbocycles. The maximum absolute atomic E-state index is 11.9. The van der Waals surface area contributed by atoms with E-state index in [1.165, 1.54) is 0 Å². The van der Waals surface area contributed by atoms with Gasteiger partial charge in [0.15, 0.2) is 0 Å². The van der Waals surface area contributed by atoms with E-state index in [1.54, 1.807) is 6.92 Å². The summed E-state index contributed by atoms with van der Waals surface area (Å²) in [6.07, 6.45) is 0.894. The van der Waals surface area contributed by atoms with Crippen LogP contribution in [0.3, 0.4) is 0 Å². The molecule has 0 saturated heterocycles. The molecule has 0 bridgehead atoms. The molecule has 1 aromatic carbocycles. The van der Waals surface area contributed by atoms with Crippen molar-refractivity contribution in [3.8, 4) is 0 Å². The van der Waals surface area contributed by atoms with Crippen molar-refractivity contribution in [1.29, 1.82) is 0 Å². The summed E-state index contributed by atoms with van der Waals surface area (Å²) < 4.78 is 4.82. The number of hydrogen-bond acceptors (Lipinski definition) is 3. The molecule has 0 unspecified atom stereocenters. The van der Waals surface area contributed by atoms with Gasteiger partial charge in [0.1, 0.15) is 5.69 Å². The van der Waals surface area contributed by atoms with Gasteiger partial charge in [-0.2, -0.15) is 0 Å². The van der Waals surface area contributed by atoms with Crippen molar-refractivity contribution in [2.75, 3.05) is 13.2 Å². The van der Waals surface area contributed by atoms with E-state index >= 15 is 0 Å². The molecule has 5 nitrogen and oxygen atoms in total. The minimum atomic E-state index is -0.229. The van der Waals surface area contributed by atoms with Gasteiger partial charge >= 0.3 is 5.97 Å². The third-order valence-corrected chi connectivity index (χ3v) is 2.92. The summed E-state index contributed by atoms with van der Waals surface area (Å²) in [6.45, 7) is 2.61. The van der Waals surface area contributed by atoms with E-state index in [2.05, 4.69) is 10.3 Å². The van der Waals surface area contributed by atoms with E-state index in [0.717, 1.165) is 10.9 Å². The first-order valence-electron chi connectivity index (χ1n) is 6.72. The number of aromatic nitrogens is 1. The summed E-state index contributed by atoms with van der Waals surface area (Å²) >= 11 is 0. The molecule has 2 rings (SSSR count). The first-order valence-corrected chi connectivity index (χ1v) is 6.72. The monoisotopic (exact) mass is 274 g/mol. The van der Waals surface area contributed by atoms with E-state index < -0.39 is 0 Å². The van der Waals surface area contributed by atoms with Crippen LogP contribution in [0.1, 0.15) is 30.3 Å². The van der Waals surface area contributed by atoms with Gasteiger partial charge in [-0.15, -0.1) is 0 Å². The van der Waals surface area contributed by atoms with Gasteiger partial charge in [0.05, 0.1) is 6.61 Å². The summed E-state index contributed by atoms with van der Waals surface area (Å²) in [5.74, 6) is -0.391. The van der Waals surface area contributed by atoms with Gasteiger partial charge in [-0.1, -0.05) is 18.2 Å². The number of H-pyrrole nitrogens is 1.